The van der Waals surface area contributed by atoms with Gasteiger partial charge in [0, 0.05) is 23.6 Å². The van der Waals surface area contributed by atoms with Gasteiger partial charge in [0.2, 0.25) is 0 Å². The first-order valence-electron chi connectivity index (χ1n) is 11.7. The highest BCUT2D eigenvalue weighted by Gasteiger charge is 2.54. The van der Waals surface area contributed by atoms with Crippen LogP contribution in [-0.2, 0) is 20.9 Å². The third kappa shape index (κ3) is 4.80. The number of methoxy groups -OCH3 is 1. The van der Waals surface area contributed by atoms with Gasteiger partial charge in [-0.25, -0.2) is 4.79 Å². The number of aliphatic imine (C=N–C) groups is 1. The number of amides is 1. The Hall–Kier alpha value is -4.38. The highest BCUT2D eigenvalue weighted by molar-refractivity contribution is 8.00. The van der Waals surface area contributed by atoms with E-state index >= 15 is 0 Å². The lowest BCUT2D eigenvalue weighted by Gasteiger charge is -2.47. The SMILES string of the molecule is COc1ccc(COC(=O)C2=C(c3ccc(C)o3)CS[C@@H]3[C@H](/N=C/c4ccccc4[N+](=O)[O-])C(=O)N23)cc1. The van der Waals surface area contributed by atoms with Crippen molar-refractivity contribution < 1.29 is 28.4 Å². The first kappa shape index (κ1) is 25.3. The zero-order chi connectivity index (χ0) is 26.8. The fourth-order valence-electron chi connectivity index (χ4n) is 4.24. The van der Waals surface area contributed by atoms with Crippen LogP contribution in [0.5, 0.6) is 5.75 Å². The van der Waals surface area contributed by atoms with Crippen molar-refractivity contribution in [3.8, 4) is 5.75 Å². The molecule has 3 heterocycles. The lowest BCUT2D eigenvalue weighted by Crippen LogP contribution is -2.64. The number of carbonyl (C=O) groups excluding carboxylic acids is 2. The van der Waals surface area contributed by atoms with Crippen LogP contribution in [0.3, 0.4) is 0 Å². The number of esters is 1. The predicted molar refractivity (Wildman–Crippen MR) is 141 cm³/mol. The summed E-state index contributed by atoms with van der Waals surface area (Å²) in [4.78, 5) is 43.2. The monoisotopic (exact) mass is 533 g/mol. The van der Waals surface area contributed by atoms with Crippen molar-refractivity contribution >= 4 is 41.1 Å². The maximum Gasteiger partial charge on any atom is 0.355 e. The lowest BCUT2D eigenvalue weighted by molar-refractivity contribution is -0.385. The van der Waals surface area contributed by atoms with Gasteiger partial charge in [0.1, 0.15) is 34.9 Å². The summed E-state index contributed by atoms with van der Waals surface area (Å²) in [5, 5.41) is 10.9. The number of nitro benzene ring substituents is 1. The van der Waals surface area contributed by atoms with Crippen LogP contribution in [0, 0.1) is 17.0 Å². The first-order chi connectivity index (χ1) is 18.4. The Morgan fingerprint density at radius 3 is 2.66 bits per heavy atom. The second-order valence-corrected chi connectivity index (χ2v) is 9.72. The summed E-state index contributed by atoms with van der Waals surface area (Å²) in [6, 6.07) is 16.1. The van der Waals surface area contributed by atoms with Gasteiger partial charge in [-0.1, -0.05) is 24.3 Å². The number of carbonyl (C=O) groups is 2. The number of hydrogen-bond donors (Lipinski definition) is 0. The Bertz CT molecular complexity index is 1460. The number of furan rings is 1. The maximum absolute atomic E-state index is 13.4. The summed E-state index contributed by atoms with van der Waals surface area (Å²) in [7, 11) is 1.57. The van der Waals surface area contributed by atoms with Gasteiger partial charge in [-0.2, -0.15) is 0 Å². The smallest absolute Gasteiger partial charge is 0.355 e. The van der Waals surface area contributed by atoms with E-state index in [1.54, 1.807) is 68.6 Å². The minimum Gasteiger partial charge on any atom is -0.497 e. The number of aryl methyl sites for hydroxylation is 1. The summed E-state index contributed by atoms with van der Waals surface area (Å²) in [5.74, 6) is 1.20. The lowest BCUT2D eigenvalue weighted by atomic mass is 10.0. The molecule has 1 saturated heterocycles. The van der Waals surface area contributed by atoms with Crippen molar-refractivity contribution in [1.82, 2.24) is 4.90 Å². The molecule has 1 fully saturated rings. The van der Waals surface area contributed by atoms with Gasteiger partial charge in [-0.3, -0.25) is 24.8 Å². The Labute approximate surface area is 222 Å². The van der Waals surface area contributed by atoms with Gasteiger partial charge in [-0.05, 0) is 42.8 Å². The molecule has 194 valence electrons. The van der Waals surface area contributed by atoms with Gasteiger partial charge < -0.3 is 13.9 Å². The molecule has 0 unspecified atom stereocenters. The quantitative estimate of drug-likeness (QED) is 0.138. The molecule has 2 aliphatic rings. The van der Waals surface area contributed by atoms with Gasteiger partial charge >= 0.3 is 5.97 Å². The molecule has 0 bridgehead atoms. The number of para-hydroxylation sites is 1. The maximum atomic E-state index is 13.4. The molecule has 0 radical (unpaired) electrons. The van der Waals surface area contributed by atoms with E-state index in [9.17, 15) is 19.7 Å². The summed E-state index contributed by atoms with van der Waals surface area (Å²) in [6.45, 7) is 1.81. The van der Waals surface area contributed by atoms with Crippen LogP contribution in [0.4, 0.5) is 5.69 Å². The molecule has 1 aromatic heterocycles. The van der Waals surface area contributed by atoms with E-state index in [-0.39, 0.29) is 18.0 Å². The van der Waals surface area contributed by atoms with Crippen LogP contribution in [0.15, 0.2) is 75.8 Å². The van der Waals surface area contributed by atoms with E-state index in [0.29, 0.717) is 34.2 Å². The minimum absolute atomic E-state index is 0.00981. The van der Waals surface area contributed by atoms with Crippen molar-refractivity contribution in [2.24, 2.45) is 4.99 Å². The third-order valence-electron chi connectivity index (χ3n) is 6.21. The molecule has 0 saturated carbocycles. The highest BCUT2D eigenvalue weighted by Crippen LogP contribution is 2.45. The first-order valence-corrected chi connectivity index (χ1v) is 12.7. The number of thioether (sulfide) groups is 1. The van der Waals surface area contributed by atoms with Crippen molar-refractivity contribution in [2.75, 3.05) is 12.9 Å². The molecule has 0 spiro atoms. The second kappa shape index (κ2) is 10.5. The van der Waals surface area contributed by atoms with E-state index in [4.69, 9.17) is 13.9 Å². The van der Waals surface area contributed by atoms with Crippen LogP contribution >= 0.6 is 11.8 Å². The van der Waals surface area contributed by atoms with Crippen molar-refractivity contribution in [3.05, 3.63) is 99.1 Å². The van der Waals surface area contributed by atoms with Crippen LogP contribution in [-0.4, -0.2) is 52.2 Å². The highest BCUT2D eigenvalue weighted by atomic mass is 32.2. The Kier molecular flexibility index (Phi) is 7.01. The van der Waals surface area contributed by atoms with Crippen molar-refractivity contribution in [3.63, 3.8) is 0 Å². The Balaban J connectivity index is 1.40. The molecule has 0 aliphatic carbocycles. The van der Waals surface area contributed by atoms with E-state index in [0.717, 1.165) is 5.56 Å². The van der Waals surface area contributed by atoms with E-state index in [2.05, 4.69) is 4.99 Å². The topological polar surface area (TPSA) is 124 Å². The molecule has 1 amide bonds. The van der Waals surface area contributed by atoms with E-state index in [1.807, 2.05) is 0 Å². The zero-order valence-electron chi connectivity index (χ0n) is 20.5. The van der Waals surface area contributed by atoms with Crippen LogP contribution in [0.25, 0.3) is 5.57 Å². The molecule has 2 aliphatic heterocycles. The second-order valence-electron chi connectivity index (χ2n) is 8.61. The largest absolute Gasteiger partial charge is 0.497 e. The fraction of sp³-hybridized carbons (Fsp3) is 0.222. The number of β-lactam (4-membered cyclic amide) rings is 1. The third-order valence-corrected chi connectivity index (χ3v) is 7.47. The number of rotatable bonds is 8. The summed E-state index contributed by atoms with van der Waals surface area (Å²) < 4.78 is 16.5. The van der Waals surface area contributed by atoms with Gasteiger partial charge in [0.05, 0.1) is 17.6 Å². The number of ether oxygens (including phenoxy) is 2. The van der Waals surface area contributed by atoms with Crippen molar-refractivity contribution in [1.29, 1.82) is 0 Å². The fourth-order valence-corrected chi connectivity index (χ4v) is 5.58. The van der Waals surface area contributed by atoms with Gasteiger partial charge in [0.15, 0.2) is 6.04 Å². The number of nitrogens with zero attached hydrogens (tertiary/aromatic N) is 3. The van der Waals surface area contributed by atoms with Crippen LogP contribution in [0.1, 0.15) is 22.6 Å². The number of hydrogen-bond acceptors (Lipinski definition) is 9. The molecule has 38 heavy (non-hydrogen) atoms. The molecule has 10 nitrogen and oxygen atoms in total. The van der Waals surface area contributed by atoms with Gasteiger partial charge in [0.25, 0.3) is 11.6 Å². The molecule has 3 aromatic rings. The zero-order valence-corrected chi connectivity index (χ0v) is 21.3. The summed E-state index contributed by atoms with van der Waals surface area (Å²) in [5.41, 5.74) is 1.64. The molecule has 5 rings (SSSR count). The Morgan fingerprint density at radius 2 is 1.97 bits per heavy atom. The molecule has 11 heteroatoms. The average Bonchev–Trinajstić information content (AvgIpc) is 3.37. The number of fused-ring (bicyclic) bond motifs is 1. The Morgan fingerprint density at radius 1 is 1.21 bits per heavy atom. The molecule has 0 N–H and O–H groups in total. The predicted octanol–water partition coefficient (Wildman–Crippen LogP) is 4.36. The van der Waals surface area contributed by atoms with E-state index in [1.165, 1.54) is 28.9 Å². The molecular weight excluding hydrogens is 510 g/mol. The minimum atomic E-state index is -0.788. The van der Waals surface area contributed by atoms with E-state index < -0.39 is 28.2 Å². The van der Waals surface area contributed by atoms with Crippen LogP contribution in [0.2, 0.25) is 0 Å². The normalized spacial score (nSPS) is 18.8. The standard InChI is InChI=1S/C27H23N3O7S/c1-16-7-12-22(37-16)20-15-38-26-23(28-13-18-5-3-4-6-21(18)30(33)34)25(31)29(26)24(20)27(32)36-14-17-8-10-19(35-2)11-9-17/h3-13,23,26H,14-15H2,1-2H3/b28-13+/t23-,26-/m1/s1. The summed E-state index contributed by atoms with van der Waals surface area (Å²) in [6.07, 6.45) is 1.34. The molecule has 2 aromatic carbocycles. The molecule has 2 atom stereocenters. The number of nitro groups is 1. The summed E-state index contributed by atoms with van der Waals surface area (Å²) >= 11 is 1.44. The number of benzene rings is 2. The van der Waals surface area contributed by atoms with Gasteiger partial charge in [-0.15, -0.1) is 11.8 Å². The van der Waals surface area contributed by atoms with Crippen LogP contribution < -0.4 is 4.74 Å². The average molecular weight is 534 g/mol. The molecular formula is C27H23N3O7S. The van der Waals surface area contributed by atoms with Crippen molar-refractivity contribution in [2.45, 2.75) is 24.9 Å².